The Hall–Kier alpha value is -2.26. The molecule has 0 aliphatic heterocycles. The quantitative estimate of drug-likeness (QED) is 0.893. The lowest BCUT2D eigenvalue weighted by Gasteiger charge is -2.07. The van der Waals surface area contributed by atoms with Gasteiger partial charge in [-0.2, -0.15) is 5.26 Å². The lowest BCUT2D eigenvalue weighted by molar-refractivity contribution is 0.0695. The molecule has 0 spiro atoms. The molecular formula is C14H11BrN2O3. The van der Waals surface area contributed by atoms with Gasteiger partial charge in [0.25, 0.3) is 0 Å². The lowest BCUT2D eigenvalue weighted by Crippen LogP contribution is -2.01. The van der Waals surface area contributed by atoms with Crippen LogP contribution in [0.3, 0.4) is 0 Å². The first-order chi connectivity index (χ1) is 9.52. The summed E-state index contributed by atoms with van der Waals surface area (Å²) >= 11 is 3.30. The van der Waals surface area contributed by atoms with Gasteiger partial charge in [0.05, 0.1) is 17.8 Å². The molecule has 0 unspecified atom stereocenters. The molecule has 0 atom stereocenters. The molecule has 0 amide bonds. The molecule has 102 valence electrons. The largest absolute Gasteiger partial charge is 0.478 e. The van der Waals surface area contributed by atoms with E-state index in [0.717, 1.165) is 0 Å². The fourth-order valence-corrected chi connectivity index (χ4v) is 2.27. The van der Waals surface area contributed by atoms with E-state index in [9.17, 15) is 4.79 Å². The van der Waals surface area contributed by atoms with Crippen molar-refractivity contribution in [3.63, 3.8) is 0 Å². The zero-order valence-corrected chi connectivity index (χ0v) is 12.2. The van der Waals surface area contributed by atoms with Crippen LogP contribution >= 0.6 is 15.9 Å². The summed E-state index contributed by atoms with van der Waals surface area (Å²) < 4.78 is 6.06. The minimum atomic E-state index is -1.02. The molecule has 0 bridgehead atoms. The van der Waals surface area contributed by atoms with E-state index in [1.165, 1.54) is 6.07 Å². The number of carbonyl (C=O) groups is 1. The summed E-state index contributed by atoms with van der Waals surface area (Å²) in [6.45, 7) is 1.91. The Morgan fingerprint density at radius 1 is 1.55 bits per heavy atom. The highest BCUT2D eigenvalue weighted by Gasteiger charge is 2.14. The second-order valence-electron chi connectivity index (χ2n) is 4.12. The normalized spacial score (nSPS) is 10.1. The SMILES string of the molecule is Cc1oc(CNc2cccc(Br)c2C#N)cc1C(=O)O. The molecule has 5 nitrogen and oxygen atoms in total. The minimum absolute atomic E-state index is 0.150. The number of rotatable bonds is 4. The third-order valence-electron chi connectivity index (χ3n) is 2.78. The number of anilines is 1. The number of nitrogens with one attached hydrogen (secondary N) is 1. The zero-order chi connectivity index (χ0) is 14.7. The number of benzene rings is 1. The number of hydrogen-bond acceptors (Lipinski definition) is 4. The van der Waals surface area contributed by atoms with Crippen molar-refractivity contribution < 1.29 is 14.3 Å². The summed E-state index contributed by atoms with van der Waals surface area (Å²) in [5, 5.41) is 21.1. The summed E-state index contributed by atoms with van der Waals surface area (Å²) in [5.41, 5.74) is 1.30. The molecule has 0 aliphatic rings. The van der Waals surface area contributed by atoms with E-state index in [1.54, 1.807) is 19.1 Å². The van der Waals surface area contributed by atoms with Crippen LogP contribution in [0.5, 0.6) is 0 Å². The van der Waals surface area contributed by atoms with Crippen molar-refractivity contribution >= 4 is 27.6 Å². The van der Waals surface area contributed by atoms with Gasteiger partial charge in [-0.1, -0.05) is 6.07 Å². The van der Waals surface area contributed by atoms with E-state index >= 15 is 0 Å². The van der Waals surface area contributed by atoms with Crippen LogP contribution in [0, 0.1) is 18.3 Å². The first-order valence-electron chi connectivity index (χ1n) is 5.78. The molecular weight excluding hydrogens is 324 g/mol. The summed E-state index contributed by atoms with van der Waals surface area (Å²) in [4.78, 5) is 10.9. The van der Waals surface area contributed by atoms with Crippen LogP contribution < -0.4 is 5.32 Å². The maximum Gasteiger partial charge on any atom is 0.339 e. The average molecular weight is 335 g/mol. The van der Waals surface area contributed by atoms with Crippen LogP contribution in [-0.2, 0) is 6.54 Å². The number of aromatic carboxylic acids is 1. The van der Waals surface area contributed by atoms with Crippen molar-refractivity contribution in [1.82, 2.24) is 0 Å². The first kappa shape index (κ1) is 14.2. The van der Waals surface area contributed by atoms with Crippen molar-refractivity contribution in [2.24, 2.45) is 0 Å². The van der Waals surface area contributed by atoms with Crippen LogP contribution in [0.1, 0.15) is 27.4 Å². The number of carboxylic acids is 1. The van der Waals surface area contributed by atoms with Crippen LogP contribution in [0.2, 0.25) is 0 Å². The molecule has 2 N–H and O–H groups in total. The van der Waals surface area contributed by atoms with Gasteiger partial charge in [-0.05, 0) is 41.1 Å². The van der Waals surface area contributed by atoms with Gasteiger partial charge in [0, 0.05) is 4.47 Å². The van der Waals surface area contributed by atoms with Gasteiger partial charge in [0.15, 0.2) is 0 Å². The molecule has 0 saturated heterocycles. The van der Waals surface area contributed by atoms with Gasteiger partial charge in [-0.3, -0.25) is 0 Å². The molecule has 1 aromatic carbocycles. The van der Waals surface area contributed by atoms with Gasteiger partial charge in [-0.15, -0.1) is 0 Å². The molecule has 1 aromatic heterocycles. The van der Waals surface area contributed by atoms with Crippen molar-refractivity contribution in [2.75, 3.05) is 5.32 Å². The highest BCUT2D eigenvalue weighted by atomic mass is 79.9. The Bertz CT molecular complexity index is 701. The second-order valence-corrected chi connectivity index (χ2v) is 4.97. The average Bonchev–Trinajstić information content (AvgIpc) is 2.78. The van der Waals surface area contributed by atoms with Gasteiger partial charge < -0.3 is 14.8 Å². The molecule has 0 aliphatic carbocycles. The van der Waals surface area contributed by atoms with Gasteiger partial charge in [0.2, 0.25) is 0 Å². The van der Waals surface area contributed by atoms with Crippen molar-refractivity contribution in [1.29, 1.82) is 5.26 Å². The zero-order valence-electron chi connectivity index (χ0n) is 10.6. The molecule has 1 heterocycles. The number of halogens is 1. The van der Waals surface area contributed by atoms with E-state index in [0.29, 0.717) is 33.8 Å². The minimum Gasteiger partial charge on any atom is -0.478 e. The van der Waals surface area contributed by atoms with E-state index in [1.807, 2.05) is 6.07 Å². The first-order valence-corrected chi connectivity index (χ1v) is 6.57. The van der Waals surface area contributed by atoms with Crippen molar-refractivity contribution in [3.8, 4) is 6.07 Å². The molecule has 2 aromatic rings. The van der Waals surface area contributed by atoms with Crippen LogP contribution in [0.25, 0.3) is 0 Å². The molecule has 0 fully saturated rings. The number of furan rings is 1. The fraction of sp³-hybridized carbons (Fsp3) is 0.143. The molecule has 0 saturated carbocycles. The summed E-state index contributed by atoms with van der Waals surface area (Å²) in [7, 11) is 0. The Labute approximate surface area is 124 Å². The standard InChI is InChI=1S/C14H11BrN2O3/c1-8-10(14(18)19)5-9(20-8)7-17-13-4-2-3-12(15)11(13)6-16/h2-5,17H,7H2,1H3,(H,18,19). The predicted octanol–water partition coefficient (Wildman–Crippen LogP) is 3.53. The second kappa shape index (κ2) is 5.80. The monoisotopic (exact) mass is 334 g/mol. The van der Waals surface area contributed by atoms with E-state index in [4.69, 9.17) is 14.8 Å². The lowest BCUT2D eigenvalue weighted by atomic mass is 10.2. The Balaban J connectivity index is 2.18. The van der Waals surface area contributed by atoms with E-state index in [2.05, 4.69) is 27.3 Å². The number of nitriles is 1. The molecule has 2 rings (SSSR count). The smallest absolute Gasteiger partial charge is 0.339 e. The summed E-state index contributed by atoms with van der Waals surface area (Å²) in [6, 6.07) is 8.95. The number of hydrogen-bond donors (Lipinski definition) is 2. The van der Waals surface area contributed by atoms with Crippen molar-refractivity contribution in [3.05, 3.63) is 51.4 Å². The predicted molar refractivity (Wildman–Crippen MR) is 76.6 cm³/mol. The van der Waals surface area contributed by atoms with Crippen molar-refractivity contribution in [2.45, 2.75) is 13.5 Å². The van der Waals surface area contributed by atoms with Crippen LogP contribution in [0.15, 0.2) is 33.2 Å². The Morgan fingerprint density at radius 2 is 2.30 bits per heavy atom. The number of carboxylic acid groups (broad SMARTS) is 1. The topological polar surface area (TPSA) is 86.3 Å². The highest BCUT2D eigenvalue weighted by Crippen LogP contribution is 2.24. The van der Waals surface area contributed by atoms with E-state index in [-0.39, 0.29) is 5.56 Å². The van der Waals surface area contributed by atoms with Crippen LogP contribution in [0.4, 0.5) is 5.69 Å². The van der Waals surface area contributed by atoms with Crippen LogP contribution in [-0.4, -0.2) is 11.1 Å². The Morgan fingerprint density at radius 3 is 2.90 bits per heavy atom. The third kappa shape index (κ3) is 2.83. The van der Waals surface area contributed by atoms with Gasteiger partial charge >= 0.3 is 5.97 Å². The third-order valence-corrected chi connectivity index (χ3v) is 3.44. The number of aryl methyl sites for hydroxylation is 1. The molecule has 6 heteroatoms. The molecule has 20 heavy (non-hydrogen) atoms. The number of nitrogens with zero attached hydrogens (tertiary/aromatic N) is 1. The molecule has 0 radical (unpaired) electrons. The maximum absolute atomic E-state index is 10.9. The van der Waals surface area contributed by atoms with Gasteiger partial charge in [-0.25, -0.2) is 4.79 Å². The summed E-state index contributed by atoms with van der Waals surface area (Å²) in [6.07, 6.45) is 0. The highest BCUT2D eigenvalue weighted by molar-refractivity contribution is 9.10. The van der Waals surface area contributed by atoms with Gasteiger partial charge in [0.1, 0.15) is 23.2 Å². The maximum atomic E-state index is 10.9. The van der Waals surface area contributed by atoms with E-state index < -0.39 is 5.97 Å². The fourth-order valence-electron chi connectivity index (χ4n) is 1.81. The summed E-state index contributed by atoms with van der Waals surface area (Å²) in [5.74, 6) is -0.148. The Kier molecular flexibility index (Phi) is 4.11.